The summed E-state index contributed by atoms with van der Waals surface area (Å²) in [6.07, 6.45) is 1.78. The van der Waals surface area contributed by atoms with Crippen molar-refractivity contribution in [1.82, 2.24) is 4.98 Å². The number of rotatable bonds is 1. The molecule has 56 valence electrons. The highest BCUT2D eigenvalue weighted by Crippen LogP contribution is 2.06. The van der Waals surface area contributed by atoms with Crippen LogP contribution in [0.25, 0.3) is 0 Å². The van der Waals surface area contributed by atoms with E-state index in [1.54, 1.807) is 0 Å². The van der Waals surface area contributed by atoms with E-state index in [0.29, 0.717) is 17.7 Å². The summed E-state index contributed by atoms with van der Waals surface area (Å²) < 4.78 is 12.5. The molecule has 0 aliphatic carbocycles. The Kier molecular flexibility index (Phi) is 2.17. The van der Waals surface area contributed by atoms with E-state index in [0.717, 1.165) is 6.20 Å². The van der Waals surface area contributed by atoms with Crippen LogP contribution >= 0.6 is 0 Å². The Labute approximate surface area is 64.3 Å². The summed E-state index contributed by atoms with van der Waals surface area (Å²) in [5.74, 6) is -0.459. The number of nitrogens with zero attached hydrogens (tertiary/aromatic N) is 2. The lowest BCUT2D eigenvalue weighted by atomic mass is 10.2. The molecule has 1 heterocycles. The molecule has 0 N–H and O–H groups in total. The van der Waals surface area contributed by atoms with Crippen LogP contribution in [0.5, 0.6) is 0 Å². The van der Waals surface area contributed by atoms with Gasteiger partial charge < -0.3 is 0 Å². The third-order valence-electron chi connectivity index (χ3n) is 1.39. The summed E-state index contributed by atoms with van der Waals surface area (Å²) in [6, 6.07) is 3.09. The molecule has 0 saturated carbocycles. The van der Waals surface area contributed by atoms with Gasteiger partial charge in [-0.05, 0) is 12.5 Å². The zero-order valence-electron chi connectivity index (χ0n) is 6.13. The Balaban J connectivity index is 3.19. The maximum atomic E-state index is 12.5. The first kappa shape index (κ1) is 7.67. The van der Waals surface area contributed by atoms with Crippen LogP contribution in [0.2, 0.25) is 0 Å². The van der Waals surface area contributed by atoms with Gasteiger partial charge >= 0.3 is 0 Å². The zero-order chi connectivity index (χ0) is 8.27. The Morgan fingerprint density at radius 3 is 3.00 bits per heavy atom. The first-order valence-corrected chi connectivity index (χ1v) is 3.32. The molecule has 0 aliphatic heterocycles. The van der Waals surface area contributed by atoms with E-state index in [2.05, 4.69) is 4.98 Å². The molecule has 0 saturated heterocycles. The topological polar surface area (TPSA) is 36.7 Å². The summed E-state index contributed by atoms with van der Waals surface area (Å²) in [4.78, 5) is 3.77. The molecule has 2 nitrogen and oxygen atoms in total. The molecule has 0 radical (unpaired) electrons. The van der Waals surface area contributed by atoms with Crippen molar-refractivity contribution in [3.05, 3.63) is 29.3 Å². The molecule has 1 aromatic heterocycles. The second kappa shape index (κ2) is 3.11. The summed E-state index contributed by atoms with van der Waals surface area (Å²) in [7, 11) is 0. The van der Waals surface area contributed by atoms with Crippen LogP contribution in [-0.2, 0) is 6.42 Å². The van der Waals surface area contributed by atoms with Gasteiger partial charge in [0.25, 0.3) is 0 Å². The van der Waals surface area contributed by atoms with Gasteiger partial charge in [0.15, 0.2) is 0 Å². The highest BCUT2D eigenvalue weighted by Gasteiger charge is 2.01. The molecule has 3 heteroatoms. The number of aromatic nitrogens is 1. The van der Waals surface area contributed by atoms with Crippen molar-refractivity contribution in [3.8, 4) is 6.07 Å². The summed E-state index contributed by atoms with van der Waals surface area (Å²) >= 11 is 0. The standard InChI is InChI=1S/C8H7FN2/c1-2-8-6(4-10)3-7(9)5-11-8/h3,5H,2H2,1H3. The molecule has 11 heavy (non-hydrogen) atoms. The van der Waals surface area contributed by atoms with Crippen LogP contribution in [0.1, 0.15) is 18.2 Å². The van der Waals surface area contributed by atoms with Gasteiger partial charge in [0.1, 0.15) is 11.9 Å². The van der Waals surface area contributed by atoms with Crippen molar-refractivity contribution in [1.29, 1.82) is 5.26 Å². The van der Waals surface area contributed by atoms with Crippen molar-refractivity contribution in [2.75, 3.05) is 0 Å². The molecular weight excluding hydrogens is 143 g/mol. The normalized spacial score (nSPS) is 9.18. The highest BCUT2D eigenvalue weighted by atomic mass is 19.1. The van der Waals surface area contributed by atoms with Gasteiger partial charge in [0, 0.05) is 0 Å². The second-order valence-electron chi connectivity index (χ2n) is 2.11. The van der Waals surface area contributed by atoms with Gasteiger partial charge in [-0.1, -0.05) is 6.92 Å². The van der Waals surface area contributed by atoms with E-state index < -0.39 is 5.82 Å². The van der Waals surface area contributed by atoms with Crippen LogP contribution in [0.4, 0.5) is 4.39 Å². The van der Waals surface area contributed by atoms with E-state index in [1.807, 2.05) is 13.0 Å². The Morgan fingerprint density at radius 2 is 2.45 bits per heavy atom. The van der Waals surface area contributed by atoms with Gasteiger partial charge in [0.2, 0.25) is 0 Å². The van der Waals surface area contributed by atoms with Gasteiger partial charge in [-0.25, -0.2) is 4.39 Å². The number of pyridine rings is 1. The predicted molar refractivity (Wildman–Crippen MR) is 38.3 cm³/mol. The van der Waals surface area contributed by atoms with E-state index in [1.165, 1.54) is 6.07 Å². The number of nitriles is 1. The van der Waals surface area contributed by atoms with Gasteiger partial charge in [-0.15, -0.1) is 0 Å². The predicted octanol–water partition coefficient (Wildman–Crippen LogP) is 1.65. The van der Waals surface area contributed by atoms with E-state index in [-0.39, 0.29) is 0 Å². The molecule has 1 aromatic rings. The number of aryl methyl sites for hydroxylation is 1. The van der Waals surface area contributed by atoms with Crippen LogP contribution < -0.4 is 0 Å². The van der Waals surface area contributed by atoms with E-state index in [4.69, 9.17) is 5.26 Å². The lowest BCUT2D eigenvalue weighted by Crippen LogP contribution is -1.93. The quantitative estimate of drug-likeness (QED) is 0.610. The van der Waals surface area contributed by atoms with Gasteiger partial charge in [-0.3, -0.25) is 4.98 Å². The fourth-order valence-electron chi connectivity index (χ4n) is 0.846. The Morgan fingerprint density at radius 1 is 1.73 bits per heavy atom. The first-order chi connectivity index (χ1) is 5.27. The molecule has 0 spiro atoms. The van der Waals surface area contributed by atoms with Crippen LogP contribution in [0.15, 0.2) is 12.3 Å². The lowest BCUT2D eigenvalue weighted by Gasteiger charge is -1.96. The van der Waals surface area contributed by atoms with E-state index in [9.17, 15) is 4.39 Å². The molecule has 0 aliphatic rings. The first-order valence-electron chi connectivity index (χ1n) is 3.32. The molecular formula is C8H7FN2. The van der Waals surface area contributed by atoms with Gasteiger partial charge in [0.05, 0.1) is 17.5 Å². The molecule has 0 bridgehead atoms. The van der Waals surface area contributed by atoms with Crippen molar-refractivity contribution in [2.24, 2.45) is 0 Å². The van der Waals surface area contributed by atoms with Crippen molar-refractivity contribution >= 4 is 0 Å². The minimum absolute atomic E-state index is 0.326. The molecule has 0 amide bonds. The SMILES string of the molecule is CCc1ncc(F)cc1C#N. The number of hydrogen-bond donors (Lipinski definition) is 0. The van der Waals surface area contributed by atoms with Crippen LogP contribution in [0.3, 0.4) is 0 Å². The summed E-state index contributed by atoms with van der Waals surface area (Å²) in [5.41, 5.74) is 0.974. The summed E-state index contributed by atoms with van der Waals surface area (Å²) in [6.45, 7) is 1.88. The Hall–Kier alpha value is -1.43. The molecule has 0 unspecified atom stereocenters. The monoisotopic (exact) mass is 150 g/mol. The molecule has 0 atom stereocenters. The average molecular weight is 150 g/mol. The fourth-order valence-corrected chi connectivity index (χ4v) is 0.846. The smallest absolute Gasteiger partial charge is 0.142 e. The van der Waals surface area contributed by atoms with Crippen LogP contribution in [-0.4, -0.2) is 4.98 Å². The number of halogens is 1. The second-order valence-corrected chi connectivity index (χ2v) is 2.11. The minimum Gasteiger partial charge on any atom is -0.257 e. The molecule has 0 fully saturated rings. The maximum Gasteiger partial charge on any atom is 0.142 e. The van der Waals surface area contributed by atoms with Crippen molar-refractivity contribution < 1.29 is 4.39 Å². The Bertz CT molecular complexity index is 301. The molecule has 1 rings (SSSR count). The highest BCUT2D eigenvalue weighted by molar-refractivity contribution is 5.32. The third kappa shape index (κ3) is 1.53. The third-order valence-corrected chi connectivity index (χ3v) is 1.39. The lowest BCUT2D eigenvalue weighted by molar-refractivity contribution is 0.618. The largest absolute Gasteiger partial charge is 0.257 e. The molecule has 0 aromatic carbocycles. The zero-order valence-corrected chi connectivity index (χ0v) is 6.13. The van der Waals surface area contributed by atoms with Gasteiger partial charge in [-0.2, -0.15) is 5.26 Å². The van der Waals surface area contributed by atoms with Crippen molar-refractivity contribution in [3.63, 3.8) is 0 Å². The fraction of sp³-hybridized carbons (Fsp3) is 0.250. The van der Waals surface area contributed by atoms with E-state index >= 15 is 0 Å². The average Bonchev–Trinajstić information content (AvgIpc) is 2.04. The minimum atomic E-state index is -0.459. The summed E-state index contributed by atoms with van der Waals surface area (Å²) in [5, 5.41) is 8.52. The number of hydrogen-bond acceptors (Lipinski definition) is 2. The maximum absolute atomic E-state index is 12.5. The van der Waals surface area contributed by atoms with Crippen LogP contribution in [0, 0.1) is 17.1 Å². The van der Waals surface area contributed by atoms with Crippen molar-refractivity contribution in [2.45, 2.75) is 13.3 Å².